The van der Waals surface area contributed by atoms with Crippen LogP contribution in [0.25, 0.3) is 22.3 Å². The Morgan fingerprint density at radius 1 is 0.915 bits per heavy atom. The van der Waals surface area contributed by atoms with Crippen LogP contribution in [0.1, 0.15) is 12.5 Å². The summed E-state index contributed by atoms with van der Waals surface area (Å²) in [7, 11) is -9.15. The molecule has 3 aliphatic heterocycles. The van der Waals surface area contributed by atoms with Crippen molar-refractivity contribution in [1.82, 2.24) is 39.0 Å². The molecule has 0 aliphatic carbocycles. The molecule has 7 heterocycles. The summed E-state index contributed by atoms with van der Waals surface area (Å²) in [4.78, 5) is 68.9. The zero-order valence-corrected chi connectivity index (χ0v) is 25.5. The number of hydrogen-bond acceptors (Lipinski definition) is 19. The maximum Gasteiger partial charge on any atom is 0.472 e. The van der Waals surface area contributed by atoms with Crippen LogP contribution in [0.5, 0.6) is 0 Å². The minimum atomic E-state index is -5.28. The van der Waals surface area contributed by atoms with Gasteiger partial charge in [-0.1, -0.05) is 0 Å². The largest absolute Gasteiger partial charge is 0.756 e. The number of aliphatic hydroxyl groups is 1. The summed E-state index contributed by atoms with van der Waals surface area (Å²) in [5, 5.41) is 11.1. The lowest BCUT2D eigenvalue weighted by atomic mass is 10.1. The van der Waals surface area contributed by atoms with E-state index in [1.165, 1.54) is 18.0 Å². The molecule has 2 unspecified atom stereocenters. The van der Waals surface area contributed by atoms with E-state index in [1.807, 2.05) is 0 Å². The van der Waals surface area contributed by atoms with Gasteiger partial charge in [0.1, 0.15) is 36.6 Å². The number of phosphoric acid groups is 2. The molecule has 47 heavy (non-hydrogen) atoms. The van der Waals surface area contributed by atoms with Crippen LogP contribution < -0.4 is 27.5 Å². The number of aromatic amines is 2. The van der Waals surface area contributed by atoms with E-state index < -0.39 is 89.1 Å². The Balaban J connectivity index is 1.19. The first kappa shape index (κ1) is 31.9. The number of anilines is 2. The minimum absolute atomic E-state index is 0.0454. The van der Waals surface area contributed by atoms with Gasteiger partial charge in [0.25, 0.3) is 18.9 Å². The van der Waals surface area contributed by atoms with E-state index in [0.29, 0.717) is 0 Å². The maximum absolute atomic E-state index is 13.2. The maximum atomic E-state index is 13.2. The van der Waals surface area contributed by atoms with E-state index in [4.69, 9.17) is 43.8 Å². The number of fused-ring (bicyclic) bond motifs is 4. The topological polar surface area (TPSA) is 341 Å². The molecule has 0 amide bonds. The van der Waals surface area contributed by atoms with E-state index in [1.54, 1.807) is 0 Å². The molecule has 7 rings (SSSR count). The number of nitrogens with one attached hydrogen (secondary N) is 2. The summed E-state index contributed by atoms with van der Waals surface area (Å²) in [5.74, 6) is -0.522. The number of aromatic nitrogens is 8. The fraction of sp³-hybridized carbons (Fsp3) is 0.524. The molecule has 3 saturated heterocycles. The zero-order valence-electron chi connectivity index (χ0n) is 23.7. The van der Waals surface area contributed by atoms with E-state index in [9.17, 15) is 33.6 Å². The summed E-state index contributed by atoms with van der Waals surface area (Å²) in [6.07, 6.45) is -9.83. The van der Waals surface area contributed by atoms with Gasteiger partial charge in [0, 0.05) is 7.11 Å². The van der Waals surface area contributed by atoms with Crippen LogP contribution in [0.2, 0.25) is 0 Å². The second-order valence-electron chi connectivity index (χ2n) is 10.5. The van der Waals surface area contributed by atoms with Crippen molar-refractivity contribution in [3.05, 3.63) is 33.4 Å². The average Bonchev–Trinajstić information content (AvgIpc) is 3.75. The summed E-state index contributed by atoms with van der Waals surface area (Å²) in [6, 6.07) is 0. The molecule has 4 aromatic rings. The Kier molecular flexibility index (Phi) is 7.82. The van der Waals surface area contributed by atoms with Gasteiger partial charge in [0.15, 0.2) is 34.8 Å². The lowest BCUT2D eigenvalue weighted by Gasteiger charge is -2.33. The van der Waals surface area contributed by atoms with Crippen molar-refractivity contribution in [3.8, 4) is 0 Å². The number of ether oxygens (including phenoxy) is 3. The van der Waals surface area contributed by atoms with Gasteiger partial charge in [-0.25, -0.2) is 14.5 Å². The Hall–Kier alpha value is -3.64. The number of H-pyrrole nitrogens is 2. The number of nitrogens with zero attached hydrogens (tertiary/aromatic N) is 6. The Morgan fingerprint density at radius 2 is 1.45 bits per heavy atom. The number of aliphatic hydroxyl groups excluding tert-OH is 1. The first-order chi connectivity index (χ1) is 22.2. The highest BCUT2D eigenvalue weighted by molar-refractivity contribution is 7.47. The molecule has 0 radical (unpaired) electrons. The van der Waals surface area contributed by atoms with E-state index in [0.717, 1.165) is 10.9 Å². The number of imidazole rings is 2. The zero-order chi connectivity index (χ0) is 33.4. The van der Waals surface area contributed by atoms with Crippen molar-refractivity contribution < 1.29 is 56.3 Å². The average molecular weight is 703 g/mol. The van der Waals surface area contributed by atoms with Gasteiger partial charge in [0.05, 0.1) is 25.9 Å². The third-order valence-electron chi connectivity index (χ3n) is 7.62. The SMILES string of the molecule is CO[C@@H]1[C@@H]2OP(=O)([O-])OC[C@H]3O[C@@H](n4cnc5c(=O)[nH]c(N)nc54)[C@H](O)[C@@H]3OP(=O)(O)OC[C@H]2O[C@H]1n1cnc2c(=O)[nH]c(N)nc21. The van der Waals surface area contributed by atoms with Gasteiger partial charge in [-0.15, -0.1) is 0 Å². The van der Waals surface area contributed by atoms with Crippen LogP contribution in [-0.4, -0.2) is 106 Å². The standard InChI is InChI=1S/C21H26N10O14P2/c1-39-13-12-7(43-19(13)31-5-25-9-15(31)27-21(23)29-17(9)34)3-41-46(35,36)44-11-6(2-40-47(37,38)45-12)42-18(10(11)32)30-4-24-8-14(30)26-20(22)28-16(8)33/h4-7,10-13,18-19,32H,2-3H2,1H3,(H,35,36)(H,37,38)(H3,22,26,28,33)(H3,23,27,29,34)/p-1/t6-,7-,10-,11-,12-,13-,18-,19-/m1/s1. The van der Waals surface area contributed by atoms with Crippen molar-refractivity contribution in [1.29, 1.82) is 0 Å². The molecule has 10 atom stereocenters. The summed E-state index contributed by atoms with van der Waals surface area (Å²) in [6.45, 7) is -1.70. The molecule has 3 fully saturated rings. The lowest BCUT2D eigenvalue weighted by Crippen LogP contribution is -2.40. The molecule has 8 N–H and O–H groups in total. The molecule has 0 aromatic carbocycles. The highest BCUT2D eigenvalue weighted by Crippen LogP contribution is 2.52. The van der Waals surface area contributed by atoms with Crippen molar-refractivity contribution in [2.45, 2.75) is 49.1 Å². The Labute approximate surface area is 259 Å². The molecule has 26 heteroatoms. The molecule has 4 aromatic heterocycles. The third kappa shape index (κ3) is 5.67. The van der Waals surface area contributed by atoms with Crippen molar-refractivity contribution >= 4 is 49.9 Å². The number of nitrogen functional groups attached to an aromatic ring is 2. The fourth-order valence-electron chi connectivity index (χ4n) is 5.61. The van der Waals surface area contributed by atoms with Crippen LogP contribution >= 0.6 is 15.6 Å². The molecule has 24 nitrogen and oxygen atoms in total. The molecule has 0 saturated carbocycles. The highest BCUT2D eigenvalue weighted by atomic mass is 31.2. The molecular formula is C21H25N10O14P2-. The number of nitrogens with two attached hydrogens (primary N) is 2. The van der Waals surface area contributed by atoms with Gasteiger partial charge in [-0.05, 0) is 0 Å². The van der Waals surface area contributed by atoms with Crippen LogP contribution in [0.4, 0.5) is 11.9 Å². The summed E-state index contributed by atoms with van der Waals surface area (Å²) >= 11 is 0. The van der Waals surface area contributed by atoms with Crippen molar-refractivity contribution in [2.75, 3.05) is 31.8 Å². The van der Waals surface area contributed by atoms with E-state index in [2.05, 4.69) is 29.9 Å². The molecular weight excluding hydrogens is 678 g/mol. The second-order valence-corrected chi connectivity index (χ2v) is 13.3. The van der Waals surface area contributed by atoms with Gasteiger partial charge in [-0.3, -0.25) is 42.3 Å². The van der Waals surface area contributed by atoms with Crippen LogP contribution in [-0.2, 0) is 41.4 Å². The lowest BCUT2D eigenvalue weighted by molar-refractivity contribution is -0.237. The van der Waals surface area contributed by atoms with Crippen LogP contribution in [0.15, 0.2) is 22.2 Å². The summed E-state index contributed by atoms with van der Waals surface area (Å²) < 4.78 is 66.8. The second kappa shape index (κ2) is 11.5. The van der Waals surface area contributed by atoms with Gasteiger partial charge in [0.2, 0.25) is 11.9 Å². The summed E-state index contributed by atoms with van der Waals surface area (Å²) in [5.41, 5.74) is 9.52. The minimum Gasteiger partial charge on any atom is -0.756 e. The van der Waals surface area contributed by atoms with Crippen molar-refractivity contribution in [2.24, 2.45) is 0 Å². The van der Waals surface area contributed by atoms with Gasteiger partial charge >= 0.3 is 7.82 Å². The molecule has 3 aliphatic rings. The quantitative estimate of drug-likeness (QED) is 0.116. The Morgan fingerprint density at radius 3 is 2.04 bits per heavy atom. The smallest absolute Gasteiger partial charge is 0.472 e. The van der Waals surface area contributed by atoms with Crippen molar-refractivity contribution in [3.63, 3.8) is 0 Å². The fourth-order valence-corrected chi connectivity index (χ4v) is 7.52. The normalized spacial score (nSPS) is 36.6. The van der Waals surface area contributed by atoms with E-state index >= 15 is 0 Å². The van der Waals surface area contributed by atoms with Crippen LogP contribution in [0, 0.1) is 0 Å². The van der Waals surface area contributed by atoms with Gasteiger partial charge in [-0.2, -0.15) is 9.97 Å². The predicted octanol–water partition coefficient (Wildman–Crippen LogP) is -3.03. The Bertz CT molecular complexity index is 2070. The number of rotatable bonds is 3. The van der Waals surface area contributed by atoms with E-state index in [-0.39, 0.29) is 34.2 Å². The predicted molar refractivity (Wildman–Crippen MR) is 149 cm³/mol. The molecule has 254 valence electrons. The monoisotopic (exact) mass is 703 g/mol. The number of methoxy groups -OCH3 is 1. The molecule has 0 bridgehead atoms. The number of hydrogen-bond donors (Lipinski definition) is 6. The van der Waals surface area contributed by atoms with Crippen LogP contribution in [0.3, 0.4) is 0 Å². The molecule has 0 spiro atoms. The highest BCUT2D eigenvalue weighted by Gasteiger charge is 2.53. The number of phosphoric ester groups is 2. The van der Waals surface area contributed by atoms with Gasteiger partial charge < -0.3 is 49.6 Å². The third-order valence-corrected chi connectivity index (χ3v) is 9.57. The first-order valence-electron chi connectivity index (χ1n) is 13.5. The first-order valence-corrected chi connectivity index (χ1v) is 16.5.